The summed E-state index contributed by atoms with van der Waals surface area (Å²) in [4.78, 5) is 12.8. The van der Waals surface area contributed by atoms with E-state index in [0.717, 1.165) is 29.8 Å². The van der Waals surface area contributed by atoms with E-state index in [0.29, 0.717) is 17.5 Å². The van der Waals surface area contributed by atoms with Crippen LogP contribution in [0.1, 0.15) is 33.8 Å². The number of hydrogen-bond donors (Lipinski definition) is 2. The quantitative estimate of drug-likeness (QED) is 0.372. The van der Waals surface area contributed by atoms with Crippen LogP contribution < -0.4 is 10.6 Å². The topological polar surface area (TPSA) is 41.1 Å². The highest BCUT2D eigenvalue weighted by molar-refractivity contribution is 6.05. The molecule has 0 spiro atoms. The van der Waals surface area contributed by atoms with E-state index in [1.165, 1.54) is 11.1 Å². The lowest BCUT2D eigenvalue weighted by atomic mass is 10.0. The molecule has 0 aliphatic heterocycles. The highest BCUT2D eigenvalue weighted by Crippen LogP contribution is 2.41. The molecule has 0 radical (unpaired) electrons. The van der Waals surface area contributed by atoms with Gasteiger partial charge in [-0.15, -0.1) is 0 Å². The van der Waals surface area contributed by atoms with Gasteiger partial charge in [-0.25, -0.2) is 0 Å². The third-order valence-electron chi connectivity index (χ3n) is 6.03. The van der Waals surface area contributed by atoms with Crippen molar-refractivity contribution in [2.45, 2.75) is 24.9 Å². The Morgan fingerprint density at radius 1 is 0.750 bits per heavy atom. The smallest absolute Gasteiger partial charge is 0.255 e. The molecule has 1 saturated carbocycles. The SMILES string of the molecule is O=C(Nc1ccc(C2CC2NCc2ccccc2)cc1)c1cccc(-c2ccccc2)c1. The van der Waals surface area contributed by atoms with Crippen LogP contribution >= 0.6 is 0 Å². The molecule has 2 atom stereocenters. The zero-order valence-corrected chi connectivity index (χ0v) is 17.9. The lowest BCUT2D eigenvalue weighted by Gasteiger charge is -2.09. The summed E-state index contributed by atoms with van der Waals surface area (Å²) in [5.41, 5.74) is 6.25. The van der Waals surface area contributed by atoms with Crippen LogP contribution in [0.25, 0.3) is 11.1 Å². The van der Waals surface area contributed by atoms with E-state index in [4.69, 9.17) is 0 Å². The lowest BCUT2D eigenvalue weighted by Crippen LogP contribution is -2.17. The Morgan fingerprint density at radius 3 is 2.19 bits per heavy atom. The van der Waals surface area contributed by atoms with Crippen LogP contribution in [0.4, 0.5) is 5.69 Å². The largest absolute Gasteiger partial charge is 0.322 e. The van der Waals surface area contributed by atoms with Gasteiger partial charge in [0.25, 0.3) is 5.91 Å². The molecule has 0 bridgehead atoms. The molecule has 1 fully saturated rings. The summed E-state index contributed by atoms with van der Waals surface area (Å²) < 4.78 is 0. The van der Waals surface area contributed by atoms with E-state index < -0.39 is 0 Å². The highest BCUT2D eigenvalue weighted by Gasteiger charge is 2.37. The lowest BCUT2D eigenvalue weighted by molar-refractivity contribution is 0.102. The second-order valence-corrected chi connectivity index (χ2v) is 8.34. The molecule has 0 aromatic heterocycles. The minimum atomic E-state index is -0.0932. The van der Waals surface area contributed by atoms with Crippen molar-refractivity contribution >= 4 is 11.6 Å². The number of amides is 1. The average molecular weight is 419 g/mol. The molecule has 0 heterocycles. The van der Waals surface area contributed by atoms with Crippen molar-refractivity contribution in [3.63, 3.8) is 0 Å². The maximum atomic E-state index is 12.8. The number of anilines is 1. The van der Waals surface area contributed by atoms with Crippen LogP contribution in [0.15, 0.2) is 109 Å². The fourth-order valence-corrected chi connectivity index (χ4v) is 4.12. The van der Waals surface area contributed by atoms with Crippen molar-refractivity contribution in [2.75, 3.05) is 5.32 Å². The first-order chi connectivity index (χ1) is 15.8. The van der Waals surface area contributed by atoms with Gasteiger partial charge in [0, 0.05) is 29.8 Å². The van der Waals surface area contributed by atoms with Crippen LogP contribution in [0, 0.1) is 0 Å². The van der Waals surface area contributed by atoms with Crippen molar-refractivity contribution in [3.8, 4) is 11.1 Å². The summed E-state index contributed by atoms with van der Waals surface area (Å²) in [6.45, 7) is 0.901. The van der Waals surface area contributed by atoms with E-state index in [-0.39, 0.29) is 5.91 Å². The van der Waals surface area contributed by atoms with Crippen LogP contribution in [0.5, 0.6) is 0 Å². The van der Waals surface area contributed by atoms with E-state index in [1.54, 1.807) is 0 Å². The zero-order valence-electron chi connectivity index (χ0n) is 17.9. The molecule has 2 unspecified atom stereocenters. The molecule has 1 amide bonds. The molecule has 1 aliphatic rings. The van der Waals surface area contributed by atoms with E-state index >= 15 is 0 Å². The van der Waals surface area contributed by atoms with Gasteiger partial charge in [-0.3, -0.25) is 4.79 Å². The second kappa shape index (κ2) is 9.21. The number of nitrogens with one attached hydrogen (secondary N) is 2. The summed E-state index contributed by atoms with van der Waals surface area (Å²) >= 11 is 0. The average Bonchev–Trinajstić information content (AvgIpc) is 3.64. The van der Waals surface area contributed by atoms with Gasteiger partial charge < -0.3 is 10.6 Å². The minimum absolute atomic E-state index is 0.0932. The van der Waals surface area contributed by atoms with E-state index in [1.807, 2.05) is 60.7 Å². The number of benzene rings is 4. The van der Waals surface area contributed by atoms with Crippen molar-refractivity contribution in [2.24, 2.45) is 0 Å². The number of carbonyl (C=O) groups excluding carboxylic acids is 1. The minimum Gasteiger partial charge on any atom is -0.322 e. The summed E-state index contributed by atoms with van der Waals surface area (Å²) in [7, 11) is 0. The highest BCUT2D eigenvalue weighted by atomic mass is 16.1. The number of hydrogen-bond acceptors (Lipinski definition) is 2. The first-order valence-corrected chi connectivity index (χ1v) is 11.1. The predicted octanol–water partition coefficient (Wildman–Crippen LogP) is 6.25. The molecule has 1 aliphatic carbocycles. The Hall–Kier alpha value is -3.69. The predicted molar refractivity (Wildman–Crippen MR) is 131 cm³/mol. The van der Waals surface area contributed by atoms with Crippen LogP contribution in [-0.2, 0) is 6.54 Å². The Bertz CT molecular complexity index is 1190. The first-order valence-electron chi connectivity index (χ1n) is 11.1. The summed E-state index contributed by atoms with van der Waals surface area (Å²) in [6, 6.07) is 37.1. The first kappa shape index (κ1) is 20.2. The van der Waals surface area contributed by atoms with Crippen molar-refractivity contribution in [1.82, 2.24) is 5.32 Å². The molecule has 2 N–H and O–H groups in total. The summed E-state index contributed by atoms with van der Waals surface area (Å²) in [6.07, 6.45) is 1.16. The van der Waals surface area contributed by atoms with Gasteiger partial charge in [0.1, 0.15) is 0 Å². The second-order valence-electron chi connectivity index (χ2n) is 8.34. The number of rotatable bonds is 7. The zero-order chi connectivity index (χ0) is 21.8. The summed E-state index contributed by atoms with van der Waals surface area (Å²) in [5.74, 6) is 0.454. The molecule has 4 aromatic carbocycles. The fraction of sp³-hybridized carbons (Fsp3) is 0.138. The Balaban J connectivity index is 1.18. The monoisotopic (exact) mass is 418 g/mol. The molecular weight excluding hydrogens is 392 g/mol. The van der Waals surface area contributed by atoms with E-state index in [2.05, 4.69) is 59.2 Å². The number of carbonyl (C=O) groups is 1. The maximum absolute atomic E-state index is 12.8. The molecule has 3 heteroatoms. The molecule has 3 nitrogen and oxygen atoms in total. The van der Waals surface area contributed by atoms with Gasteiger partial charge in [-0.2, -0.15) is 0 Å². The third kappa shape index (κ3) is 4.79. The van der Waals surface area contributed by atoms with Crippen molar-refractivity contribution < 1.29 is 4.79 Å². The molecule has 32 heavy (non-hydrogen) atoms. The molecule has 5 rings (SSSR count). The van der Waals surface area contributed by atoms with Gasteiger partial charge in [0.15, 0.2) is 0 Å². The molecule has 158 valence electrons. The Labute approximate surface area is 189 Å². The van der Waals surface area contributed by atoms with E-state index in [9.17, 15) is 4.79 Å². The standard InChI is InChI=1S/C29H26N2O/c32-29(25-13-7-12-24(18-25)22-10-5-2-6-11-22)31-26-16-14-23(15-17-26)27-19-28(27)30-20-21-8-3-1-4-9-21/h1-18,27-28,30H,19-20H2,(H,31,32). The van der Waals surface area contributed by atoms with Gasteiger partial charge in [-0.1, -0.05) is 84.9 Å². The van der Waals surface area contributed by atoms with Crippen LogP contribution in [0.2, 0.25) is 0 Å². The normalized spacial score (nSPS) is 17.0. The van der Waals surface area contributed by atoms with Crippen molar-refractivity contribution in [1.29, 1.82) is 0 Å². The maximum Gasteiger partial charge on any atom is 0.255 e. The van der Waals surface area contributed by atoms with Crippen molar-refractivity contribution in [3.05, 3.63) is 126 Å². The fourth-order valence-electron chi connectivity index (χ4n) is 4.12. The van der Waals surface area contributed by atoms with Crippen LogP contribution in [-0.4, -0.2) is 11.9 Å². The van der Waals surface area contributed by atoms with Gasteiger partial charge in [-0.05, 0) is 52.9 Å². The third-order valence-corrected chi connectivity index (χ3v) is 6.03. The molecule has 0 saturated heterocycles. The summed E-state index contributed by atoms with van der Waals surface area (Å²) in [5, 5.41) is 6.67. The Kier molecular flexibility index (Phi) is 5.82. The van der Waals surface area contributed by atoms with Crippen LogP contribution in [0.3, 0.4) is 0 Å². The Morgan fingerprint density at radius 2 is 1.44 bits per heavy atom. The van der Waals surface area contributed by atoms with Gasteiger partial charge >= 0.3 is 0 Å². The van der Waals surface area contributed by atoms with Gasteiger partial charge in [0.2, 0.25) is 0 Å². The molecular formula is C29H26N2O. The molecule has 4 aromatic rings. The van der Waals surface area contributed by atoms with Gasteiger partial charge in [0.05, 0.1) is 0 Å².